The Morgan fingerprint density at radius 2 is 1.97 bits per heavy atom. The lowest BCUT2D eigenvalue weighted by atomic mass is 10.2. The van der Waals surface area contributed by atoms with Crippen LogP contribution < -0.4 is 14.4 Å². The number of ether oxygens (including phenoxy) is 1. The minimum absolute atomic E-state index is 0.0715. The van der Waals surface area contributed by atoms with Gasteiger partial charge < -0.3 is 14.7 Å². The maximum atomic E-state index is 13.0. The number of anilines is 2. The lowest BCUT2D eigenvalue weighted by Gasteiger charge is -2.36. The average Bonchev–Trinajstić information content (AvgIpc) is 2.74. The van der Waals surface area contributed by atoms with Crippen molar-refractivity contribution in [2.75, 3.05) is 49.5 Å². The number of rotatable bonds is 8. The summed E-state index contributed by atoms with van der Waals surface area (Å²) in [6, 6.07) is 5.38. The summed E-state index contributed by atoms with van der Waals surface area (Å²) in [5, 5.41) is 9.49. The van der Waals surface area contributed by atoms with Crippen LogP contribution in [0.15, 0.2) is 35.4 Å². The Morgan fingerprint density at radius 1 is 1.26 bits per heavy atom. The number of piperazine rings is 1. The fraction of sp³-hybridized carbons (Fsp3) is 0.400. The van der Waals surface area contributed by atoms with Crippen molar-refractivity contribution in [2.24, 2.45) is 0 Å². The number of methoxy groups -OCH3 is 1. The number of aromatic carboxylic acids is 1. The Kier molecular flexibility index (Phi) is 7.24. The smallest absolute Gasteiger partial charge is 0.337 e. The van der Waals surface area contributed by atoms with Gasteiger partial charge in [0.2, 0.25) is 0 Å². The predicted molar refractivity (Wildman–Crippen MR) is 119 cm³/mol. The second kappa shape index (κ2) is 9.71. The van der Waals surface area contributed by atoms with Crippen LogP contribution in [0.25, 0.3) is 0 Å². The van der Waals surface area contributed by atoms with Gasteiger partial charge in [0, 0.05) is 32.4 Å². The van der Waals surface area contributed by atoms with Crippen molar-refractivity contribution in [1.82, 2.24) is 9.88 Å². The SMILES string of the molecule is CCCN1CCN(c2ncc(C(=O)O)cc2NS(=O)(=O)c2ccc(OC)c(Cl)c2)CC1. The molecular formula is C20H25ClN4O5S. The van der Waals surface area contributed by atoms with E-state index in [9.17, 15) is 18.3 Å². The van der Waals surface area contributed by atoms with E-state index in [2.05, 4.69) is 21.5 Å². The van der Waals surface area contributed by atoms with Crippen molar-refractivity contribution < 1.29 is 23.1 Å². The quantitative estimate of drug-likeness (QED) is 0.608. The number of nitrogens with one attached hydrogen (secondary N) is 1. The molecule has 168 valence electrons. The number of nitrogens with zero attached hydrogens (tertiary/aromatic N) is 3. The molecule has 1 fully saturated rings. The van der Waals surface area contributed by atoms with Crippen molar-refractivity contribution in [3.05, 3.63) is 41.0 Å². The Morgan fingerprint density at radius 3 is 2.55 bits per heavy atom. The molecule has 0 aliphatic carbocycles. The van der Waals surface area contributed by atoms with Gasteiger partial charge in [-0.05, 0) is 37.2 Å². The molecule has 1 saturated heterocycles. The molecule has 1 aromatic heterocycles. The van der Waals surface area contributed by atoms with Gasteiger partial charge in [0.1, 0.15) is 5.75 Å². The summed E-state index contributed by atoms with van der Waals surface area (Å²) in [5.41, 5.74) is -0.00499. The molecule has 1 aromatic carbocycles. The van der Waals surface area contributed by atoms with E-state index < -0.39 is 16.0 Å². The van der Waals surface area contributed by atoms with E-state index in [0.717, 1.165) is 26.1 Å². The molecule has 0 unspecified atom stereocenters. The van der Waals surface area contributed by atoms with Gasteiger partial charge in [0.05, 0.1) is 28.3 Å². The second-order valence-electron chi connectivity index (χ2n) is 7.13. The third-order valence-electron chi connectivity index (χ3n) is 5.00. The van der Waals surface area contributed by atoms with Crippen LogP contribution in [0, 0.1) is 0 Å². The third kappa shape index (κ3) is 5.38. The molecule has 9 nitrogen and oxygen atoms in total. The average molecular weight is 469 g/mol. The van der Waals surface area contributed by atoms with Gasteiger partial charge in [-0.15, -0.1) is 0 Å². The Balaban J connectivity index is 1.92. The van der Waals surface area contributed by atoms with Crippen molar-refractivity contribution in [1.29, 1.82) is 0 Å². The molecule has 0 radical (unpaired) electrons. The van der Waals surface area contributed by atoms with Crippen LogP contribution in [0.4, 0.5) is 11.5 Å². The van der Waals surface area contributed by atoms with Crippen LogP contribution in [0.1, 0.15) is 23.7 Å². The van der Waals surface area contributed by atoms with E-state index in [1.807, 2.05) is 4.90 Å². The Bertz CT molecular complexity index is 1060. The fourth-order valence-corrected chi connectivity index (χ4v) is 4.82. The molecule has 2 N–H and O–H groups in total. The summed E-state index contributed by atoms with van der Waals surface area (Å²) >= 11 is 6.08. The number of hydrogen-bond acceptors (Lipinski definition) is 7. The molecule has 2 aromatic rings. The lowest BCUT2D eigenvalue weighted by molar-refractivity contribution is 0.0696. The summed E-state index contributed by atoms with van der Waals surface area (Å²) in [4.78, 5) is 19.9. The summed E-state index contributed by atoms with van der Waals surface area (Å²) in [7, 11) is -2.61. The molecular weight excluding hydrogens is 444 g/mol. The maximum Gasteiger partial charge on any atom is 0.337 e. The topological polar surface area (TPSA) is 112 Å². The van der Waals surface area contributed by atoms with Crippen LogP contribution in [-0.4, -0.2) is 69.2 Å². The van der Waals surface area contributed by atoms with Crippen LogP contribution in [0.2, 0.25) is 5.02 Å². The van der Waals surface area contributed by atoms with E-state index >= 15 is 0 Å². The van der Waals surface area contributed by atoms with Crippen molar-refractivity contribution >= 4 is 39.1 Å². The summed E-state index contributed by atoms with van der Waals surface area (Å²) in [6.07, 6.45) is 2.29. The van der Waals surface area contributed by atoms with Crippen molar-refractivity contribution in [2.45, 2.75) is 18.2 Å². The fourth-order valence-electron chi connectivity index (χ4n) is 3.42. The van der Waals surface area contributed by atoms with Crippen LogP contribution >= 0.6 is 11.6 Å². The number of carboxylic acid groups (broad SMARTS) is 1. The monoisotopic (exact) mass is 468 g/mol. The largest absolute Gasteiger partial charge is 0.495 e. The number of carbonyl (C=O) groups is 1. The lowest BCUT2D eigenvalue weighted by Crippen LogP contribution is -2.47. The number of sulfonamides is 1. The standard InChI is InChI=1S/C20H25ClN4O5S/c1-3-6-24-7-9-25(10-8-24)19-17(11-14(13-22-19)20(26)27)23-31(28,29)15-4-5-18(30-2)16(21)12-15/h4-5,11-13,23H,3,6-10H2,1-2H3,(H,26,27). The molecule has 0 spiro atoms. The van der Waals surface area contributed by atoms with Gasteiger partial charge in [-0.1, -0.05) is 18.5 Å². The Hall–Kier alpha value is -2.56. The highest BCUT2D eigenvalue weighted by molar-refractivity contribution is 7.92. The maximum absolute atomic E-state index is 13.0. The van der Waals surface area contributed by atoms with Gasteiger partial charge >= 0.3 is 5.97 Å². The van der Waals surface area contributed by atoms with Gasteiger partial charge in [-0.2, -0.15) is 0 Å². The first-order chi connectivity index (χ1) is 14.7. The van der Waals surface area contributed by atoms with E-state index in [-0.39, 0.29) is 21.2 Å². The highest BCUT2D eigenvalue weighted by Crippen LogP contribution is 2.31. The van der Waals surface area contributed by atoms with Gasteiger partial charge in [0.15, 0.2) is 5.82 Å². The van der Waals surface area contributed by atoms with Crippen molar-refractivity contribution in [3.63, 3.8) is 0 Å². The van der Waals surface area contributed by atoms with Crippen LogP contribution in [0.5, 0.6) is 5.75 Å². The zero-order chi connectivity index (χ0) is 22.6. The van der Waals surface area contributed by atoms with Gasteiger partial charge in [-0.3, -0.25) is 9.62 Å². The minimum Gasteiger partial charge on any atom is -0.495 e. The number of pyridine rings is 1. The van der Waals surface area contributed by atoms with E-state index in [1.165, 1.54) is 37.6 Å². The molecule has 2 heterocycles. The normalized spacial score (nSPS) is 15.0. The highest BCUT2D eigenvalue weighted by atomic mass is 35.5. The number of benzene rings is 1. The second-order valence-corrected chi connectivity index (χ2v) is 9.22. The molecule has 11 heteroatoms. The van der Waals surface area contributed by atoms with E-state index in [0.29, 0.717) is 24.7 Å². The summed E-state index contributed by atoms with van der Waals surface area (Å²) in [5.74, 6) is -0.454. The van der Waals surface area contributed by atoms with E-state index in [4.69, 9.17) is 16.3 Å². The predicted octanol–water partition coefficient (Wildman–Crippen LogP) is 2.77. The number of hydrogen-bond donors (Lipinski definition) is 2. The van der Waals surface area contributed by atoms with Gasteiger partial charge in [-0.25, -0.2) is 18.2 Å². The minimum atomic E-state index is -4.04. The van der Waals surface area contributed by atoms with Crippen LogP contribution in [-0.2, 0) is 10.0 Å². The number of aromatic nitrogens is 1. The molecule has 0 atom stereocenters. The molecule has 0 saturated carbocycles. The zero-order valence-corrected chi connectivity index (χ0v) is 18.9. The van der Waals surface area contributed by atoms with Crippen molar-refractivity contribution in [3.8, 4) is 5.75 Å². The molecule has 0 amide bonds. The third-order valence-corrected chi connectivity index (χ3v) is 6.66. The van der Waals surface area contributed by atoms with Gasteiger partial charge in [0.25, 0.3) is 10.0 Å². The summed E-state index contributed by atoms with van der Waals surface area (Å²) in [6.45, 7) is 6.06. The highest BCUT2D eigenvalue weighted by Gasteiger charge is 2.24. The van der Waals surface area contributed by atoms with Crippen LogP contribution in [0.3, 0.4) is 0 Å². The van der Waals surface area contributed by atoms with E-state index in [1.54, 1.807) is 0 Å². The molecule has 3 rings (SSSR count). The Labute approximate surface area is 186 Å². The number of carboxylic acids is 1. The first kappa shape index (κ1) is 23.1. The zero-order valence-electron chi connectivity index (χ0n) is 17.3. The first-order valence-corrected chi connectivity index (χ1v) is 11.7. The molecule has 1 aliphatic heterocycles. The molecule has 1 aliphatic rings. The molecule has 0 bridgehead atoms. The number of halogens is 1. The summed E-state index contributed by atoms with van der Waals surface area (Å²) < 4.78 is 33.5. The first-order valence-electron chi connectivity index (χ1n) is 9.82. The molecule has 31 heavy (non-hydrogen) atoms.